The van der Waals surface area contributed by atoms with E-state index in [9.17, 15) is 0 Å². The van der Waals surface area contributed by atoms with Gasteiger partial charge >= 0.3 is 0 Å². The van der Waals surface area contributed by atoms with Crippen molar-refractivity contribution < 1.29 is 4.74 Å². The standard InChI is InChI=1S/C8H19NOS/c1-4-5-11(2,3)8-6-10-7-9-8/h8-9H,4-7H2,1-3H3. The molecule has 2 nitrogen and oxygen atoms in total. The molecule has 0 saturated carbocycles. The van der Waals surface area contributed by atoms with Crippen molar-refractivity contribution in [1.29, 1.82) is 0 Å². The number of nitrogens with one attached hydrogen (secondary N) is 1. The highest BCUT2D eigenvalue weighted by Crippen LogP contribution is 2.45. The van der Waals surface area contributed by atoms with Crippen molar-refractivity contribution in [3.63, 3.8) is 0 Å². The van der Waals surface area contributed by atoms with Gasteiger partial charge in [0, 0.05) is 0 Å². The third kappa shape index (κ3) is 2.36. The van der Waals surface area contributed by atoms with E-state index in [4.69, 9.17) is 4.74 Å². The third-order valence-corrected chi connectivity index (χ3v) is 5.49. The molecule has 0 aromatic carbocycles. The van der Waals surface area contributed by atoms with Gasteiger partial charge in [0.05, 0.1) is 18.7 Å². The molecule has 0 bridgehead atoms. The second-order valence-electron chi connectivity index (χ2n) is 3.54. The third-order valence-electron chi connectivity index (χ3n) is 2.18. The zero-order valence-corrected chi connectivity index (χ0v) is 8.54. The summed E-state index contributed by atoms with van der Waals surface area (Å²) in [6.07, 6.45) is 6.08. The topological polar surface area (TPSA) is 21.3 Å². The number of ether oxygens (including phenoxy) is 1. The van der Waals surface area contributed by atoms with E-state index in [0.717, 1.165) is 13.3 Å². The van der Waals surface area contributed by atoms with Gasteiger partial charge in [-0.15, -0.1) is 0 Å². The van der Waals surface area contributed by atoms with Crippen molar-refractivity contribution in [2.75, 3.05) is 31.6 Å². The fourth-order valence-corrected chi connectivity index (χ4v) is 3.78. The van der Waals surface area contributed by atoms with E-state index in [2.05, 4.69) is 24.8 Å². The molecular formula is C8H19NOS. The Morgan fingerprint density at radius 1 is 1.55 bits per heavy atom. The summed E-state index contributed by atoms with van der Waals surface area (Å²) >= 11 is 0. The Hall–Kier alpha value is 0.270. The summed E-state index contributed by atoms with van der Waals surface area (Å²) in [7, 11) is -0.446. The van der Waals surface area contributed by atoms with Gasteiger partial charge in [-0.2, -0.15) is 0 Å². The van der Waals surface area contributed by atoms with Gasteiger partial charge in [-0.05, 0) is 24.7 Å². The molecule has 1 heterocycles. The molecule has 0 radical (unpaired) electrons. The van der Waals surface area contributed by atoms with Gasteiger partial charge in [-0.1, -0.05) is 6.92 Å². The molecule has 0 aromatic heterocycles. The van der Waals surface area contributed by atoms with Gasteiger partial charge in [0.1, 0.15) is 0 Å². The summed E-state index contributed by atoms with van der Waals surface area (Å²) in [6.45, 7) is 3.93. The number of hydrogen-bond donors (Lipinski definition) is 1. The van der Waals surface area contributed by atoms with E-state index in [1.165, 1.54) is 12.2 Å². The Kier molecular flexibility index (Phi) is 3.22. The van der Waals surface area contributed by atoms with E-state index in [1.807, 2.05) is 0 Å². The van der Waals surface area contributed by atoms with E-state index in [-0.39, 0.29) is 0 Å². The molecule has 1 atom stereocenters. The molecule has 11 heavy (non-hydrogen) atoms. The average molecular weight is 177 g/mol. The molecule has 1 aliphatic heterocycles. The Balaban J connectivity index is 2.41. The normalized spacial score (nSPS) is 27.4. The van der Waals surface area contributed by atoms with Crippen LogP contribution in [-0.2, 0) is 4.74 Å². The van der Waals surface area contributed by atoms with E-state index in [1.54, 1.807) is 0 Å². The Labute approximate surface area is 71.0 Å². The minimum Gasteiger partial charge on any atom is -0.364 e. The molecule has 1 aliphatic rings. The average Bonchev–Trinajstić information content (AvgIpc) is 2.37. The highest BCUT2D eigenvalue weighted by molar-refractivity contribution is 8.33. The summed E-state index contributed by atoms with van der Waals surface area (Å²) in [5.41, 5.74) is 0. The van der Waals surface area contributed by atoms with Crippen LogP contribution in [0.2, 0.25) is 0 Å². The maximum Gasteiger partial charge on any atom is 0.0975 e. The van der Waals surface area contributed by atoms with Crippen molar-refractivity contribution in [3.05, 3.63) is 0 Å². The summed E-state index contributed by atoms with van der Waals surface area (Å²) in [4.78, 5) is 0. The van der Waals surface area contributed by atoms with Crippen LogP contribution in [-0.4, -0.2) is 37.0 Å². The Morgan fingerprint density at radius 3 is 2.73 bits per heavy atom. The molecule has 0 aromatic rings. The molecule has 1 unspecified atom stereocenters. The van der Waals surface area contributed by atoms with Crippen LogP contribution in [0.25, 0.3) is 0 Å². The first kappa shape index (κ1) is 9.36. The van der Waals surface area contributed by atoms with Crippen molar-refractivity contribution in [3.8, 4) is 0 Å². The minimum atomic E-state index is -0.446. The van der Waals surface area contributed by atoms with Crippen molar-refractivity contribution in [1.82, 2.24) is 5.32 Å². The van der Waals surface area contributed by atoms with Crippen LogP contribution in [0.3, 0.4) is 0 Å². The second kappa shape index (κ2) is 3.78. The van der Waals surface area contributed by atoms with Crippen LogP contribution in [0.15, 0.2) is 0 Å². The fraction of sp³-hybridized carbons (Fsp3) is 1.00. The molecule has 1 saturated heterocycles. The lowest BCUT2D eigenvalue weighted by molar-refractivity contribution is 0.193. The lowest BCUT2D eigenvalue weighted by Gasteiger charge is -2.36. The van der Waals surface area contributed by atoms with Crippen molar-refractivity contribution in [2.24, 2.45) is 0 Å². The molecule has 68 valence electrons. The van der Waals surface area contributed by atoms with Crippen LogP contribution < -0.4 is 5.32 Å². The van der Waals surface area contributed by atoms with Crippen LogP contribution >= 0.6 is 10.0 Å². The minimum absolute atomic E-state index is 0.446. The monoisotopic (exact) mass is 177 g/mol. The van der Waals surface area contributed by atoms with Crippen LogP contribution in [0.4, 0.5) is 0 Å². The first-order valence-electron chi connectivity index (χ1n) is 4.18. The lowest BCUT2D eigenvalue weighted by atomic mass is 10.6. The van der Waals surface area contributed by atoms with Crippen LogP contribution in [0.1, 0.15) is 13.3 Å². The molecule has 0 amide bonds. The first-order valence-corrected chi connectivity index (χ1v) is 6.86. The number of hydrogen-bond acceptors (Lipinski definition) is 2. The molecular weight excluding hydrogens is 158 g/mol. The van der Waals surface area contributed by atoms with E-state index in [0.29, 0.717) is 5.37 Å². The highest BCUT2D eigenvalue weighted by Gasteiger charge is 2.26. The van der Waals surface area contributed by atoms with Gasteiger partial charge < -0.3 is 4.74 Å². The smallest absolute Gasteiger partial charge is 0.0975 e. The quantitative estimate of drug-likeness (QED) is 0.703. The number of rotatable bonds is 3. The summed E-state index contributed by atoms with van der Waals surface area (Å²) < 4.78 is 5.30. The van der Waals surface area contributed by atoms with Crippen molar-refractivity contribution in [2.45, 2.75) is 18.7 Å². The van der Waals surface area contributed by atoms with Gasteiger partial charge in [-0.3, -0.25) is 5.32 Å². The summed E-state index contributed by atoms with van der Waals surface area (Å²) in [5, 5.41) is 4.04. The summed E-state index contributed by atoms with van der Waals surface area (Å²) in [5.74, 6) is 1.36. The van der Waals surface area contributed by atoms with Crippen LogP contribution in [0, 0.1) is 0 Å². The molecule has 0 aliphatic carbocycles. The molecule has 1 N–H and O–H groups in total. The van der Waals surface area contributed by atoms with E-state index < -0.39 is 10.0 Å². The van der Waals surface area contributed by atoms with Gasteiger partial charge in [0.2, 0.25) is 0 Å². The fourth-order valence-electron chi connectivity index (χ4n) is 1.45. The first-order chi connectivity index (χ1) is 5.17. The largest absolute Gasteiger partial charge is 0.364 e. The SMILES string of the molecule is CCCS(C)(C)C1COCN1. The molecule has 1 fully saturated rings. The van der Waals surface area contributed by atoms with Gasteiger partial charge in [-0.25, -0.2) is 10.0 Å². The van der Waals surface area contributed by atoms with E-state index >= 15 is 0 Å². The zero-order chi connectivity index (χ0) is 8.32. The lowest BCUT2D eigenvalue weighted by Crippen LogP contribution is -2.30. The predicted octanol–water partition coefficient (Wildman–Crippen LogP) is 1.36. The van der Waals surface area contributed by atoms with Gasteiger partial charge in [0.25, 0.3) is 0 Å². The Bertz CT molecular complexity index is 121. The molecule has 3 heteroatoms. The molecule has 0 spiro atoms. The zero-order valence-electron chi connectivity index (χ0n) is 7.72. The van der Waals surface area contributed by atoms with Crippen LogP contribution in [0.5, 0.6) is 0 Å². The van der Waals surface area contributed by atoms with Crippen molar-refractivity contribution >= 4 is 10.0 Å². The predicted molar refractivity (Wildman–Crippen MR) is 52.3 cm³/mol. The molecule has 1 rings (SSSR count). The highest BCUT2D eigenvalue weighted by atomic mass is 32.3. The maximum absolute atomic E-state index is 5.30. The second-order valence-corrected chi connectivity index (χ2v) is 7.76. The maximum atomic E-state index is 5.30. The summed E-state index contributed by atoms with van der Waals surface area (Å²) in [6, 6.07) is 0. The Morgan fingerprint density at radius 2 is 2.27 bits per heavy atom. The van der Waals surface area contributed by atoms with Gasteiger partial charge in [0.15, 0.2) is 0 Å².